The summed E-state index contributed by atoms with van der Waals surface area (Å²) < 4.78 is 41.4. The molecule has 0 fully saturated rings. The maximum atomic E-state index is 13.4. The minimum atomic E-state index is -5.06. The third kappa shape index (κ3) is 4.32. The monoisotopic (exact) mass is 567 g/mol. The van der Waals surface area contributed by atoms with Gasteiger partial charge in [0.25, 0.3) is 11.4 Å². The van der Waals surface area contributed by atoms with Crippen molar-refractivity contribution in [3.63, 3.8) is 0 Å². The largest absolute Gasteiger partial charge is 0.418 e. The maximum absolute atomic E-state index is 13.4. The molecule has 138 valence electrons. The topological polar surface area (TPSA) is 98.3 Å². The fourth-order valence-electron chi connectivity index (χ4n) is 2.00. The van der Waals surface area contributed by atoms with Crippen molar-refractivity contribution < 1.29 is 23.0 Å². The summed E-state index contributed by atoms with van der Waals surface area (Å²) in [5, 5.41) is 24.4. The van der Waals surface area contributed by atoms with Crippen LogP contribution in [0.25, 0.3) is 0 Å². The standard InChI is InChI=1S/C13H5Br3F3N3O4/c14-5-1-8(15)12(9(16)2-5)20-11-7(13(17,18)19)3-6(21(23)24)4-10(11)22(25)26/h1-4,20H/i1+1,2+1,5+1,8+1,9+1,12+1. The molecule has 2 aromatic rings. The van der Waals surface area contributed by atoms with Crippen molar-refractivity contribution in [2.75, 3.05) is 5.32 Å². The molecule has 0 amide bonds. The first-order chi connectivity index (χ1) is 11.9. The Kier molecular flexibility index (Phi) is 5.92. The summed E-state index contributed by atoms with van der Waals surface area (Å²) in [5.41, 5.74) is -4.47. The van der Waals surface area contributed by atoms with Crippen LogP contribution in [0.2, 0.25) is 0 Å². The van der Waals surface area contributed by atoms with Crippen LogP contribution in [0.15, 0.2) is 37.7 Å². The van der Waals surface area contributed by atoms with Crippen LogP contribution in [0.3, 0.4) is 0 Å². The van der Waals surface area contributed by atoms with Gasteiger partial charge >= 0.3 is 6.18 Å². The number of nitrogens with one attached hydrogen (secondary N) is 1. The van der Waals surface area contributed by atoms with E-state index in [9.17, 15) is 33.4 Å². The van der Waals surface area contributed by atoms with Gasteiger partial charge in [-0.25, -0.2) is 0 Å². The second-order valence-corrected chi connectivity index (χ2v) is 7.39. The summed E-state index contributed by atoms with van der Waals surface area (Å²) in [6.07, 6.45) is -5.06. The number of nitro benzene ring substituents is 2. The first-order valence-electron chi connectivity index (χ1n) is 6.37. The zero-order chi connectivity index (χ0) is 19.8. The van der Waals surface area contributed by atoms with Crippen molar-refractivity contribution >= 4 is 70.5 Å². The summed E-state index contributed by atoms with van der Waals surface area (Å²) in [4.78, 5) is 19.8. The van der Waals surface area contributed by atoms with Crippen LogP contribution in [0, 0.1) is 20.2 Å². The quantitative estimate of drug-likeness (QED) is 0.332. The normalized spacial score (nSPS) is 11.3. The van der Waals surface area contributed by atoms with Crippen LogP contribution in [0.4, 0.5) is 35.9 Å². The van der Waals surface area contributed by atoms with Gasteiger partial charge in [0.15, 0.2) is 0 Å². The predicted octanol–water partition coefficient (Wildman–Crippen LogP) is 6.55. The van der Waals surface area contributed by atoms with Crippen molar-refractivity contribution in [3.8, 4) is 0 Å². The molecule has 0 aliphatic carbocycles. The van der Waals surface area contributed by atoms with Crippen molar-refractivity contribution in [1.82, 2.24) is 0 Å². The number of halogens is 6. The average Bonchev–Trinajstić information content (AvgIpc) is 2.48. The summed E-state index contributed by atoms with van der Waals surface area (Å²) in [5.74, 6) is 0. The fraction of sp³-hybridized carbons (Fsp3) is 0.0769. The molecule has 0 aliphatic heterocycles. The van der Waals surface area contributed by atoms with Crippen LogP contribution < -0.4 is 5.32 Å². The van der Waals surface area contributed by atoms with Crippen LogP contribution in [-0.4, -0.2) is 9.85 Å². The van der Waals surface area contributed by atoms with E-state index < -0.39 is 38.6 Å². The SMILES string of the molecule is O=[N+]([O-])c1cc([N+](=O)[O-])c(N[13c]2[13c](Br)[13cH][13c](Br)[13cH][13c]2Br)c(C(F)(F)F)c1. The summed E-state index contributed by atoms with van der Waals surface area (Å²) >= 11 is 9.49. The first kappa shape index (κ1) is 20.6. The zero-order valence-electron chi connectivity index (χ0n) is 12.1. The van der Waals surface area contributed by atoms with Gasteiger partial charge < -0.3 is 5.32 Å². The van der Waals surface area contributed by atoms with Gasteiger partial charge in [0.05, 0.1) is 27.2 Å². The summed E-state index contributed by atoms with van der Waals surface area (Å²) in [6.45, 7) is 0. The average molecular weight is 570 g/mol. The number of non-ortho nitro benzene ring substituents is 1. The van der Waals surface area contributed by atoms with Crippen LogP contribution in [-0.2, 0) is 6.18 Å². The number of anilines is 2. The van der Waals surface area contributed by atoms with Crippen molar-refractivity contribution in [1.29, 1.82) is 0 Å². The Morgan fingerprint density at radius 2 is 1.42 bits per heavy atom. The van der Waals surface area contributed by atoms with E-state index in [4.69, 9.17) is 0 Å². The number of benzene rings is 2. The molecule has 0 atom stereocenters. The molecule has 2 aromatic carbocycles. The highest BCUT2D eigenvalue weighted by Gasteiger charge is 2.40. The predicted molar refractivity (Wildman–Crippen MR) is 97.6 cm³/mol. The Bertz CT molecular complexity index is 898. The lowest BCUT2D eigenvalue weighted by atomic mass is 10.1. The minimum absolute atomic E-state index is 0.0793. The molecule has 0 bridgehead atoms. The van der Waals surface area contributed by atoms with Gasteiger partial charge in [-0.3, -0.25) is 20.2 Å². The van der Waals surface area contributed by atoms with Crippen molar-refractivity contribution in [2.24, 2.45) is 0 Å². The lowest BCUT2D eigenvalue weighted by molar-refractivity contribution is -0.394. The number of hydrogen-bond acceptors (Lipinski definition) is 5. The highest BCUT2D eigenvalue weighted by atomic mass is 79.9. The number of alkyl halides is 3. The Hall–Kier alpha value is -1.73. The Labute approximate surface area is 168 Å². The smallest absolute Gasteiger partial charge is 0.348 e. The third-order valence-electron chi connectivity index (χ3n) is 3.07. The highest BCUT2D eigenvalue weighted by Crippen LogP contribution is 2.46. The molecular formula is C13H5Br3F3N3O4. The van der Waals surface area contributed by atoms with E-state index in [1.807, 2.05) is 0 Å². The maximum Gasteiger partial charge on any atom is 0.418 e. The molecule has 0 radical (unpaired) electrons. The van der Waals surface area contributed by atoms with E-state index in [-0.39, 0.29) is 11.8 Å². The van der Waals surface area contributed by atoms with Crippen molar-refractivity contribution in [2.45, 2.75) is 6.18 Å². The molecule has 0 saturated heterocycles. The van der Waals surface area contributed by atoms with Gasteiger partial charge in [0.2, 0.25) is 0 Å². The summed E-state index contributed by atoms with van der Waals surface area (Å²) in [7, 11) is 0. The molecule has 0 saturated carbocycles. The molecule has 26 heavy (non-hydrogen) atoms. The zero-order valence-corrected chi connectivity index (χ0v) is 16.9. The van der Waals surface area contributed by atoms with Gasteiger partial charge in [0, 0.05) is 19.5 Å². The van der Waals surface area contributed by atoms with Gasteiger partial charge in [-0.05, 0) is 44.0 Å². The molecule has 1 N–H and O–H groups in total. The molecule has 0 spiro atoms. The minimum Gasteiger partial charge on any atom is -0.348 e. The molecule has 13 heteroatoms. The highest BCUT2D eigenvalue weighted by molar-refractivity contribution is 9.11. The van der Waals surface area contributed by atoms with E-state index in [0.29, 0.717) is 19.5 Å². The Morgan fingerprint density at radius 1 is 0.885 bits per heavy atom. The molecule has 0 aliphatic rings. The van der Waals surface area contributed by atoms with Gasteiger partial charge in [-0.15, -0.1) is 0 Å². The molecular weight excluding hydrogens is 565 g/mol. The third-order valence-corrected chi connectivity index (χ3v) is 4.78. The molecule has 0 aromatic heterocycles. The van der Waals surface area contributed by atoms with Crippen LogP contribution >= 0.6 is 47.8 Å². The van der Waals surface area contributed by atoms with Gasteiger partial charge in [-0.1, -0.05) is 15.9 Å². The first-order valence-corrected chi connectivity index (χ1v) is 8.75. The van der Waals surface area contributed by atoms with Crippen LogP contribution in [0.1, 0.15) is 5.56 Å². The lowest BCUT2D eigenvalue weighted by Crippen LogP contribution is -2.12. The second kappa shape index (κ2) is 7.48. The van der Waals surface area contributed by atoms with Crippen LogP contribution in [0.5, 0.6) is 0 Å². The molecule has 2 rings (SSSR count). The molecule has 0 heterocycles. The number of nitro groups is 2. The van der Waals surface area contributed by atoms with E-state index >= 15 is 0 Å². The van der Waals surface area contributed by atoms with E-state index in [1.54, 1.807) is 0 Å². The number of hydrogen-bond donors (Lipinski definition) is 1. The summed E-state index contributed by atoms with van der Waals surface area (Å²) in [6, 6.07) is 3.74. The Balaban J connectivity index is 2.78. The molecule has 0 unspecified atom stereocenters. The Morgan fingerprint density at radius 3 is 1.85 bits per heavy atom. The fourth-order valence-corrected chi connectivity index (χ4v) is 4.46. The van der Waals surface area contributed by atoms with Gasteiger partial charge in [0.1, 0.15) is 5.69 Å². The van der Waals surface area contributed by atoms with Crippen molar-refractivity contribution in [3.05, 3.63) is 63.5 Å². The second-order valence-electron chi connectivity index (χ2n) is 4.77. The lowest BCUT2D eigenvalue weighted by Gasteiger charge is -2.17. The van der Waals surface area contributed by atoms with Gasteiger partial charge in [-0.2, -0.15) is 13.2 Å². The van der Waals surface area contributed by atoms with E-state index in [1.165, 1.54) is 12.1 Å². The molecule has 7 nitrogen and oxygen atoms in total. The van der Waals surface area contributed by atoms with E-state index in [0.717, 1.165) is 0 Å². The number of nitrogens with zero attached hydrogens (tertiary/aromatic N) is 2. The van der Waals surface area contributed by atoms with E-state index in [2.05, 4.69) is 53.1 Å². The number of rotatable bonds is 4.